The van der Waals surface area contributed by atoms with Gasteiger partial charge in [-0.2, -0.15) is 0 Å². The maximum Gasteiger partial charge on any atom is 0.255 e. The van der Waals surface area contributed by atoms with E-state index in [0.717, 1.165) is 6.54 Å². The lowest BCUT2D eigenvalue weighted by molar-refractivity contribution is 0.0761. The van der Waals surface area contributed by atoms with Gasteiger partial charge in [0.2, 0.25) is 0 Å². The molecule has 1 fully saturated rings. The van der Waals surface area contributed by atoms with E-state index in [9.17, 15) is 14.0 Å². The summed E-state index contributed by atoms with van der Waals surface area (Å²) < 4.78 is 13.0. The number of anilines is 1. The molecule has 3 rings (SSSR count). The van der Waals surface area contributed by atoms with Crippen LogP contribution in [0.4, 0.5) is 10.1 Å². The topological polar surface area (TPSA) is 49.4 Å². The molecule has 0 unspecified atom stereocenters. The van der Waals surface area contributed by atoms with Gasteiger partial charge in [0.15, 0.2) is 0 Å². The highest BCUT2D eigenvalue weighted by Crippen LogP contribution is 2.25. The number of amides is 2. The highest BCUT2D eigenvalue weighted by atomic mass is 19.1. The van der Waals surface area contributed by atoms with E-state index in [2.05, 4.69) is 5.32 Å². The second-order valence-electron chi connectivity index (χ2n) is 7.20. The molecule has 1 N–H and O–H groups in total. The predicted octanol–water partition coefficient (Wildman–Crippen LogP) is 4.73. The third-order valence-electron chi connectivity index (χ3n) is 5.12. The summed E-state index contributed by atoms with van der Waals surface area (Å²) in [5, 5.41) is 2.78. The minimum Gasteiger partial charge on any atom is -0.341 e. The van der Waals surface area contributed by atoms with Crippen LogP contribution in [-0.2, 0) is 0 Å². The van der Waals surface area contributed by atoms with Crippen molar-refractivity contribution in [1.29, 1.82) is 0 Å². The lowest BCUT2D eigenvalue weighted by Gasteiger charge is -2.27. The zero-order chi connectivity index (χ0) is 19.2. The van der Waals surface area contributed by atoms with Crippen molar-refractivity contribution in [2.75, 3.05) is 18.9 Å². The van der Waals surface area contributed by atoms with Crippen LogP contribution < -0.4 is 5.32 Å². The van der Waals surface area contributed by atoms with E-state index in [1.807, 2.05) is 7.05 Å². The molecular formula is C22H25FN2O2. The number of nitrogens with zero attached hydrogens (tertiary/aromatic N) is 1. The van der Waals surface area contributed by atoms with Gasteiger partial charge >= 0.3 is 0 Å². The van der Waals surface area contributed by atoms with E-state index in [4.69, 9.17) is 0 Å². The third-order valence-corrected chi connectivity index (χ3v) is 5.12. The molecule has 27 heavy (non-hydrogen) atoms. The molecule has 2 aromatic rings. The number of para-hydroxylation sites is 1. The second-order valence-corrected chi connectivity index (χ2v) is 7.20. The molecule has 1 saturated carbocycles. The first-order valence-corrected chi connectivity index (χ1v) is 9.46. The van der Waals surface area contributed by atoms with Crippen molar-refractivity contribution in [2.24, 2.45) is 5.92 Å². The van der Waals surface area contributed by atoms with E-state index >= 15 is 0 Å². The van der Waals surface area contributed by atoms with E-state index in [1.54, 1.807) is 29.2 Å². The minimum atomic E-state index is -0.397. The third kappa shape index (κ3) is 4.94. The first-order valence-electron chi connectivity index (χ1n) is 9.46. The van der Waals surface area contributed by atoms with Gasteiger partial charge in [0, 0.05) is 19.2 Å². The maximum atomic E-state index is 13.0. The molecule has 2 amide bonds. The molecule has 0 heterocycles. The number of benzene rings is 2. The zero-order valence-electron chi connectivity index (χ0n) is 15.6. The van der Waals surface area contributed by atoms with Gasteiger partial charge in [0.05, 0.1) is 11.3 Å². The molecule has 4 nitrogen and oxygen atoms in total. The van der Waals surface area contributed by atoms with Gasteiger partial charge < -0.3 is 10.2 Å². The number of carbonyl (C=O) groups excluding carboxylic acids is 2. The van der Waals surface area contributed by atoms with Gasteiger partial charge in [-0.25, -0.2) is 4.39 Å². The van der Waals surface area contributed by atoms with E-state index in [-0.39, 0.29) is 11.8 Å². The first-order chi connectivity index (χ1) is 13.0. The molecular weight excluding hydrogens is 343 g/mol. The van der Waals surface area contributed by atoms with Crippen LogP contribution in [-0.4, -0.2) is 30.3 Å². The Kier molecular flexibility index (Phi) is 6.22. The Morgan fingerprint density at radius 1 is 1.04 bits per heavy atom. The van der Waals surface area contributed by atoms with Crippen molar-refractivity contribution in [3.05, 3.63) is 65.5 Å². The van der Waals surface area contributed by atoms with Crippen molar-refractivity contribution in [1.82, 2.24) is 4.90 Å². The SMILES string of the molecule is CN(CC1CCCCC1)C(=O)c1ccccc1NC(=O)c1ccc(F)cc1. The summed E-state index contributed by atoms with van der Waals surface area (Å²) in [6.07, 6.45) is 6.08. The molecule has 5 heteroatoms. The van der Waals surface area contributed by atoms with Crippen molar-refractivity contribution in [3.8, 4) is 0 Å². The Morgan fingerprint density at radius 3 is 2.41 bits per heavy atom. The van der Waals surface area contributed by atoms with Crippen molar-refractivity contribution in [2.45, 2.75) is 32.1 Å². The molecule has 142 valence electrons. The molecule has 0 aromatic heterocycles. The van der Waals surface area contributed by atoms with Crippen molar-refractivity contribution < 1.29 is 14.0 Å². The van der Waals surface area contributed by atoms with Gasteiger partial charge in [-0.1, -0.05) is 31.4 Å². The molecule has 0 radical (unpaired) electrons. The second kappa shape index (κ2) is 8.80. The molecule has 2 aromatic carbocycles. The number of hydrogen-bond acceptors (Lipinski definition) is 2. The molecule has 1 aliphatic rings. The molecule has 1 aliphatic carbocycles. The normalized spacial score (nSPS) is 14.6. The van der Waals surface area contributed by atoms with Gasteiger partial charge in [-0.05, 0) is 55.2 Å². The lowest BCUT2D eigenvalue weighted by Crippen LogP contribution is -2.33. The Labute approximate surface area is 159 Å². The Morgan fingerprint density at radius 2 is 1.70 bits per heavy atom. The van der Waals surface area contributed by atoms with Gasteiger partial charge in [-0.15, -0.1) is 0 Å². The summed E-state index contributed by atoms with van der Waals surface area (Å²) in [6, 6.07) is 12.3. The average molecular weight is 368 g/mol. The van der Waals surface area contributed by atoms with Crippen LogP contribution in [0, 0.1) is 11.7 Å². The first kappa shape index (κ1) is 19.1. The van der Waals surface area contributed by atoms with Gasteiger partial charge in [0.1, 0.15) is 5.82 Å². The number of carbonyl (C=O) groups is 2. The monoisotopic (exact) mass is 368 g/mol. The van der Waals surface area contributed by atoms with Crippen molar-refractivity contribution in [3.63, 3.8) is 0 Å². The summed E-state index contributed by atoms with van der Waals surface area (Å²) in [7, 11) is 1.81. The largest absolute Gasteiger partial charge is 0.341 e. The summed E-state index contributed by atoms with van der Waals surface area (Å²) in [5.74, 6) is -0.319. The van der Waals surface area contributed by atoms with Crippen LogP contribution in [0.15, 0.2) is 48.5 Å². The standard InChI is InChI=1S/C22H25FN2O2/c1-25(15-16-7-3-2-4-8-16)22(27)19-9-5-6-10-20(19)24-21(26)17-11-13-18(23)14-12-17/h5-6,9-14,16H,2-4,7-8,15H2,1H3,(H,24,26). The molecule has 0 aliphatic heterocycles. The van der Waals surface area contributed by atoms with Crippen molar-refractivity contribution >= 4 is 17.5 Å². The fraction of sp³-hybridized carbons (Fsp3) is 0.364. The fourth-order valence-electron chi connectivity index (χ4n) is 3.62. The number of nitrogens with one attached hydrogen (secondary N) is 1. The van der Waals surface area contributed by atoms with Crippen LogP contribution >= 0.6 is 0 Å². The van der Waals surface area contributed by atoms with E-state index < -0.39 is 5.82 Å². The quantitative estimate of drug-likeness (QED) is 0.829. The summed E-state index contributed by atoms with van der Waals surface area (Å²) in [4.78, 5) is 27.1. The maximum absolute atomic E-state index is 13.0. The Bertz CT molecular complexity index is 798. The van der Waals surface area contributed by atoms with Crippen LogP contribution in [0.1, 0.15) is 52.8 Å². The van der Waals surface area contributed by atoms with Crippen LogP contribution in [0.2, 0.25) is 0 Å². The molecule has 0 atom stereocenters. The van der Waals surface area contributed by atoms with E-state index in [0.29, 0.717) is 22.7 Å². The molecule has 0 bridgehead atoms. The summed E-state index contributed by atoms with van der Waals surface area (Å²) in [5.41, 5.74) is 1.27. The number of hydrogen-bond donors (Lipinski definition) is 1. The minimum absolute atomic E-state index is 0.101. The van der Waals surface area contributed by atoms with Crippen LogP contribution in [0.25, 0.3) is 0 Å². The number of rotatable bonds is 5. The molecule has 0 saturated heterocycles. The zero-order valence-corrected chi connectivity index (χ0v) is 15.6. The highest BCUT2D eigenvalue weighted by molar-refractivity contribution is 6.08. The predicted molar refractivity (Wildman–Crippen MR) is 104 cm³/mol. The Balaban J connectivity index is 1.71. The fourth-order valence-corrected chi connectivity index (χ4v) is 3.62. The average Bonchev–Trinajstić information content (AvgIpc) is 2.69. The van der Waals surface area contributed by atoms with Crippen LogP contribution in [0.3, 0.4) is 0 Å². The summed E-state index contributed by atoms with van der Waals surface area (Å²) >= 11 is 0. The van der Waals surface area contributed by atoms with Gasteiger partial charge in [-0.3, -0.25) is 9.59 Å². The number of halogens is 1. The Hall–Kier alpha value is -2.69. The molecule has 0 spiro atoms. The smallest absolute Gasteiger partial charge is 0.255 e. The van der Waals surface area contributed by atoms with Crippen LogP contribution in [0.5, 0.6) is 0 Å². The highest BCUT2D eigenvalue weighted by Gasteiger charge is 2.21. The lowest BCUT2D eigenvalue weighted by atomic mass is 9.89. The van der Waals surface area contributed by atoms with Gasteiger partial charge in [0.25, 0.3) is 11.8 Å². The summed E-state index contributed by atoms with van der Waals surface area (Å²) in [6.45, 7) is 0.735. The van der Waals surface area contributed by atoms with E-state index in [1.165, 1.54) is 56.4 Å².